The molecule has 3 N–H and O–H groups in total. The van der Waals surface area contributed by atoms with Crippen molar-refractivity contribution in [1.29, 1.82) is 0 Å². The van der Waals surface area contributed by atoms with Gasteiger partial charge >= 0.3 is 0 Å². The lowest BCUT2D eigenvalue weighted by molar-refractivity contribution is 0.149. The number of nitrogens with two attached hydrogens (primary N) is 1. The average molecular weight is 211 g/mol. The van der Waals surface area contributed by atoms with E-state index in [2.05, 4.69) is 0 Å². The first-order valence-electron chi connectivity index (χ1n) is 4.75. The van der Waals surface area contributed by atoms with Gasteiger partial charge in [0, 0.05) is 11.6 Å². The number of benzene rings is 1. The number of rotatable bonds is 4. The molecule has 0 radical (unpaired) electrons. The molecule has 0 heterocycles. The second kappa shape index (κ2) is 5.00. The molecule has 1 aromatic carbocycles. The Labute approximate surface area is 89.6 Å². The van der Waals surface area contributed by atoms with Crippen molar-refractivity contribution in [2.75, 3.05) is 14.2 Å². The minimum Gasteiger partial charge on any atom is -0.497 e. The number of hydrogen-bond donors (Lipinski definition) is 2. The van der Waals surface area contributed by atoms with Crippen LogP contribution in [0, 0.1) is 0 Å². The Balaban J connectivity index is 3.11. The van der Waals surface area contributed by atoms with Crippen molar-refractivity contribution in [2.24, 2.45) is 5.73 Å². The largest absolute Gasteiger partial charge is 0.497 e. The van der Waals surface area contributed by atoms with Gasteiger partial charge in [0.1, 0.15) is 11.5 Å². The van der Waals surface area contributed by atoms with Gasteiger partial charge in [0.2, 0.25) is 0 Å². The minimum absolute atomic E-state index is 0.356. The van der Waals surface area contributed by atoms with Crippen molar-refractivity contribution in [3.8, 4) is 11.5 Å². The summed E-state index contributed by atoms with van der Waals surface area (Å²) in [5.41, 5.74) is 6.28. The van der Waals surface area contributed by atoms with E-state index in [-0.39, 0.29) is 6.04 Å². The Hall–Kier alpha value is -1.26. The summed E-state index contributed by atoms with van der Waals surface area (Å²) in [5.74, 6) is 1.28. The zero-order chi connectivity index (χ0) is 11.4. The van der Waals surface area contributed by atoms with Crippen molar-refractivity contribution in [1.82, 2.24) is 0 Å². The highest BCUT2D eigenvalue weighted by Gasteiger charge is 2.17. The average Bonchev–Trinajstić information content (AvgIpc) is 2.27. The molecule has 0 saturated carbocycles. The molecule has 2 atom stereocenters. The van der Waals surface area contributed by atoms with Crippen molar-refractivity contribution < 1.29 is 14.6 Å². The highest BCUT2D eigenvalue weighted by molar-refractivity contribution is 5.42. The summed E-state index contributed by atoms with van der Waals surface area (Å²) < 4.78 is 10.2. The molecular weight excluding hydrogens is 194 g/mol. The summed E-state index contributed by atoms with van der Waals surface area (Å²) in [5, 5.41) is 9.87. The quantitative estimate of drug-likeness (QED) is 0.782. The Morgan fingerprint density at radius 1 is 1.27 bits per heavy atom. The molecular formula is C11H17NO3. The molecule has 84 valence electrons. The second-order valence-corrected chi connectivity index (χ2v) is 3.41. The molecule has 0 unspecified atom stereocenters. The Bertz CT molecular complexity index is 326. The molecule has 4 heteroatoms. The summed E-state index contributed by atoms with van der Waals surface area (Å²) in [6.07, 6.45) is -0.755. The van der Waals surface area contributed by atoms with Gasteiger partial charge in [-0.15, -0.1) is 0 Å². The van der Waals surface area contributed by atoms with E-state index in [4.69, 9.17) is 15.2 Å². The maximum absolute atomic E-state index is 9.87. The first-order valence-corrected chi connectivity index (χ1v) is 4.75. The van der Waals surface area contributed by atoms with Gasteiger partial charge in [-0.05, 0) is 25.1 Å². The van der Waals surface area contributed by atoms with Crippen LogP contribution in [-0.4, -0.2) is 25.4 Å². The zero-order valence-corrected chi connectivity index (χ0v) is 9.23. The van der Waals surface area contributed by atoms with Gasteiger partial charge in [-0.2, -0.15) is 0 Å². The lowest BCUT2D eigenvalue weighted by atomic mass is 10.0. The van der Waals surface area contributed by atoms with E-state index in [1.807, 2.05) is 0 Å². The van der Waals surface area contributed by atoms with Crippen LogP contribution in [0.15, 0.2) is 18.2 Å². The van der Waals surface area contributed by atoms with Crippen molar-refractivity contribution >= 4 is 0 Å². The SMILES string of the molecule is COc1ccc(OC)c([C@@H](O)[C@H](C)N)c1. The van der Waals surface area contributed by atoms with Gasteiger partial charge in [-0.1, -0.05) is 0 Å². The van der Waals surface area contributed by atoms with E-state index in [0.29, 0.717) is 17.1 Å². The molecule has 0 aromatic heterocycles. The smallest absolute Gasteiger partial charge is 0.124 e. The molecule has 1 rings (SSSR count). The van der Waals surface area contributed by atoms with E-state index in [9.17, 15) is 5.11 Å². The van der Waals surface area contributed by atoms with Gasteiger partial charge in [0.25, 0.3) is 0 Å². The fourth-order valence-electron chi connectivity index (χ4n) is 1.35. The predicted molar refractivity (Wildman–Crippen MR) is 58.2 cm³/mol. The molecule has 0 saturated heterocycles. The van der Waals surface area contributed by atoms with Crippen LogP contribution in [0.4, 0.5) is 0 Å². The third-order valence-corrected chi connectivity index (χ3v) is 2.25. The summed E-state index contributed by atoms with van der Waals surface area (Å²) in [4.78, 5) is 0. The first-order chi connectivity index (χ1) is 7.10. The molecule has 0 fully saturated rings. The number of ether oxygens (including phenoxy) is 2. The topological polar surface area (TPSA) is 64.7 Å². The second-order valence-electron chi connectivity index (χ2n) is 3.41. The number of aliphatic hydroxyl groups is 1. The van der Waals surface area contributed by atoms with E-state index < -0.39 is 6.10 Å². The molecule has 0 bridgehead atoms. The summed E-state index contributed by atoms with van der Waals surface area (Å²) in [6.45, 7) is 1.74. The van der Waals surface area contributed by atoms with Gasteiger partial charge in [0.05, 0.1) is 20.3 Å². The van der Waals surface area contributed by atoms with Gasteiger partial charge in [-0.3, -0.25) is 0 Å². The molecule has 0 aliphatic rings. The number of aliphatic hydroxyl groups excluding tert-OH is 1. The Morgan fingerprint density at radius 2 is 1.93 bits per heavy atom. The van der Waals surface area contributed by atoms with Crippen LogP contribution >= 0.6 is 0 Å². The standard InChI is InChI=1S/C11H17NO3/c1-7(12)11(13)9-6-8(14-2)4-5-10(9)15-3/h4-7,11,13H,12H2,1-3H3/t7-,11-/m0/s1. The van der Waals surface area contributed by atoms with E-state index in [1.165, 1.54) is 0 Å². The van der Waals surface area contributed by atoms with E-state index in [1.54, 1.807) is 39.3 Å². The number of hydrogen-bond acceptors (Lipinski definition) is 4. The van der Waals surface area contributed by atoms with Gasteiger partial charge < -0.3 is 20.3 Å². The highest BCUT2D eigenvalue weighted by atomic mass is 16.5. The van der Waals surface area contributed by atoms with E-state index >= 15 is 0 Å². The molecule has 0 amide bonds. The monoisotopic (exact) mass is 211 g/mol. The first kappa shape index (κ1) is 11.8. The van der Waals surface area contributed by atoms with Gasteiger partial charge in [-0.25, -0.2) is 0 Å². The fraction of sp³-hybridized carbons (Fsp3) is 0.455. The molecule has 1 aromatic rings. The molecule has 0 spiro atoms. The lowest BCUT2D eigenvalue weighted by Crippen LogP contribution is -2.24. The zero-order valence-electron chi connectivity index (χ0n) is 9.23. The summed E-state index contributed by atoms with van der Waals surface area (Å²) >= 11 is 0. The van der Waals surface area contributed by atoms with Crippen LogP contribution in [0.1, 0.15) is 18.6 Å². The van der Waals surface area contributed by atoms with Crippen LogP contribution in [0.25, 0.3) is 0 Å². The van der Waals surface area contributed by atoms with Crippen molar-refractivity contribution in [3.05, 3.63) is 23.8 Å². The Morgan fingerprint density at radius 3 is 2.40 bits per heavy atom. The maximum Gasteiger partial charge on any atom is 0.124 e. The highest BCUT2D eigenvalue weighted by Crippen LogP contribution is 2.30. The lowest BCUT2D eigenvalue weighted by Gasteiger charge is -2.18. The predicted octanol–water partition coefficient (Wildman–Crippen LogP) is 1.08. The molecule has 0 aliphatic heterocycles. The third kappa shape index (κ3) is 2.61. The van der Waals surface area contributed by atoms with Crippen LogP contribution in [0.2, 0.25) is 0 Å². The molecule has 15 heavy (non-hydrogen) atoms. The van der Waals surface area contributed by atoms with Crippen LogP contribution in [-0.2, 0) is 0 Å². The fourth-order valence-corrected chi connectivity index (χ4v) is 1.35. The third-order valence-electron chi connectivity index (χ3n) is 2.25. The summed E-state index contributed by atoms with van der Waals surface area (Å²) in [6, 6.07) is 4.90. The van der Waals surface area contributed by atoms with Crippen molar-refractivity contribution in [2.45, 2.75) is 19.1 Å². The minimum atomic E-state index is -0.755. The summed E-state index contributed by atoms with van der Waals surface area (Å²) in [7, 11) is 3.13. The van der Waals surface area contributed by atoms with Crippen LogP contribution in [0.3, 0.4) is 0 Å². The van der Waals surface area contributed by atoms with Crippen molar-refractivity contribution in [3.63, 3.8) is 0 Å². The van der Waals surface area contributed by atoms with Crippen LogP contribution < -0.4 is 15.2 Å². The molecule has 0 aliphatic carbocycles. The normalized spacial score (nSPS) is 14.5. The maximum atomic E-state index is 9.87. The Kier molecular flexibility index (Phi) is 3.94. The van der Waals surface area contributed by atoms with Crippen LogP contribution in [0.5, 0.6) is 11.5 Å². The number of methoxy groups -OCH3 is 2. The van der Waals surface area contributed by atoms with E-state index in [0.717, 1.165) is 0 Å². The molecule has 4 nitrogen and oxygen atoms in total. The van der Waals surface area contributed by atoms with Gasteiger partial charge in [0.15, 0.2) is 0 Å².